The molecule has 7 heteroatoms. The van der Waals surface area contributed by atoms with E-state index in [-0.39, 0.29) is 17.1 Å². The van der Waals surface area contributed by atoms with Gasteiger partial charge in [-0.2, -0.15) is 0 Å². The van der Waals surface area contributed by atoms with Crippen LogP contribution in [0.2, 0.25) is 0 Å². The molecule has 2 aliphatic rings. The minimum absolute atomic E-state index is 0.0988. The molecule has 20 heavy (non-hydrogen) atoms. The SMILES string of the molecule is CCCS(=O)(=O)N1CC(c2nncn2C)C2(CCC2)C1. The molecule has 0 radical (unpaired) electrons. The smallest absolute Gasteiger partial charge is 0.214 e. The average molecular weight is 298 g/mol. The summed E-state index contributed by atoms with van der Waals surface area (Å²) in [4.78, 5) is 0. The highest BCUT2D eigenvalue weighted by molar-refractivity contribution is 7.89. The Kier molecular flexibility index (Phi) is 3.36. The molecule has 112 valence electrons. The highest BCUT2D eigenvalue weighted by Gasteiger charge is 2.54. The highest BCUT2D eigenvalue weighted by atomic mass is 32.2. The Bertz CT molecular complexity index is 591. The number of hydrogen-bond donors (Lipinski definition) is 0. The minimum atomic E-state index is -3.12. The molecule has 0 N–H and O–H groups in total. The topological polar surface area (TPSA) is 68.1 Å². The molecule has 1 saturated heterocycles. The fourth-order valence-corrected chi connectivity index (χ4v) is 5.23. The maximum absolute atomic E-state index is 12.3. The van der Waals surface area contributed by atoms with E-state index in [1.807, 2.05) is 18.5 Å². The van der Waals surface area contributed by atoms with Crippen molar-refractivity contribution in [1.82, 2.24) is 19.1 Å². The summed E-state index contributed by atoms with van der Waals surface area (Å²) >= 11 is 0. The zero-order valence-electron chi connectivity index (χ0n) is 12.1. The summed E-state index contributed by atoms with van der Waals surface area (Å²) in [5.41, 5.74) is 0.0988. The molecule has 1 aromatic rings. The van der Waals surface area contributed by atoms with Gasteiger partial charge >= 0.3 is 0 Å². The standard InChI is InChI=1S/C13H22N4O2S/c1-3-7-20(18,19)17-8-11(12-15-14-10-16(12)2)13(9-17)5-4-6-13/h10-11H,3-9H2,1-2H3. The van der Waals surface area contributed by atoms with Crippen LogP contribution >= 0.6 is 0 Å². The van der Waals surface area contributed by atoms with Crippen LogP contribution in [0.3, 0.4) is 0 Å². The van der Waals surface area contributed by atoms with Crippen LogP contribution in [0.1, 0.15) is 44.3 Å². The lowest BCUT2D eigenvalue weighted by Gasteiger charge is -2.42. The lowest BCUT2D eigenvalue weighted by atomic mass is 9.62. The fraction of sp³-hybridized carbons (Fsp3) is 0.846. The summed E-state index contributed by atoms with van der Waals surface area (Å²) < 4.78 is 28.3. The van der Waals surface area contributed by atoms with E-state index in [1.165, 1.54) is 6.42 Å². The monoisotopic (exact) mass is 298 g/mol. The van der Waals surface area contributed by atoms with Crippen molar-refractivity contribution in [3.63, 3.8) is 0 Å². The Balaban J connectivity index is 1.90. The second kappa shape index (κ2) is 4.80. The number of rotatable bonds is 4. The van der Waals surface area contributed by atoms with Crippen molar-refractivity contribution in [3.05, 3.63) is 12.2 Å². The van der Waals surface area contributed by atoms with Gasteiger partial charge in [0, 0.05) is 26.1 Å². The normalized spacial score (nSPS) is 26.0. The van der Waals surface area contributed by atoms with Crippen LogP contribution < -0.4 is 0 Å². The van der Waals surface area contributed by atoms with Gasteiger partial charge in [-0.15, -0.1) is 10.2 Å². The van der Waals surface area contributed by atoms with Gasteiger partial charge in [0.25, 0.3) is 0 Å². The van der Waals surface area contributed by atoms with E-state index >= 15 is 0 Å². The van der Waals surface area contributed by atoms with Gasteiger partial charge in [-0.25, -0.2) is 12.7 Å². The van der Waals surface area contributed by atoms with Crippen molar-refractivity contribution in [2.75, 3.05) is 18.8 Å². The molecule has 2 heterocycles. The van der Waals surface area contributed by atoms with Gasteiger partial charge in [0.1, 0.15) is 12.2 Å². The Morgan fingerprint density at radius 3 is 2.70 bits per heavy atom. The zero-order valence-corrected chi connectivity index (χ0v) is 12.9. The molecule has 6 nitrogen and oxygen atoms in total. The minimum Gasteiger partial charge on any atom is -0.320 e. The van der Waals surface area contributed by atoms with Crippen molar-refractivity contribution in [1.29, 1.82) is 0 Å². The van der Waals surface area contributed by atoms with E-state index in [0.29, 0.717) is 19.5 Å². The summed E-state index contributed by atoms with van der Waals surface area (Å²) in [7, 11) is -1.18. The van der Waals surface area contributed by atoms with Gasteiger partial charge in [0.15, 0.2) is 0 Å². The van der Waals surface area contributed by atoms with Gasteiger partial charge < -0.3 is 4.57 Å². The molecular formula is C13H22N4O2S. The molecule has 1 aromatic heterocycles. The molecule has 1 spiro atoms. The van der Waals surface area contributed by atoms with Crippen LogP contribution in [0.4, 0.5) is 0 Å². The molecule has 1 aliphatic carbocycles. The summed E-state index contributed by atoms with van der Waals surface area (Å²) in [6, 6.07) is 0. The molecular weight excluding hydrogens is 276 g/mol. The molecule has 1 saturated carbocycles. The van der Waals surface area contributed by atoms with Crippen LogP contribution in [0, 0.1) is 5.41 Å². The third kappa shape index (κ3) is 2.07. The van der Waals surface area contributed by atoms with Crippen molar-refractivity contribution in [2.24, 2.45) is 12.5 Å². The first-order valence-electron chi connectivity index (χ1n) is 7.30. The van der Waals surface area contributed by atoms with Crippen LogP contribution in [0.15, 0.2) is 6.33 Å². The zero-order chi connectivity index (χ0) is 14.4. The second-order valence-electron chi connectivity index (χ2n) is 6.18. The summed E-state index contributed by atoms with van der Waals surface area (Å²) in [6.07, 6.45) is 5.76. The van der Waals surface area contributed by atoms with Gasteiger partial charge in [-0.05, 0) is 24.7 Å². The number of nitrogens with zero attached hydrogens (tertiary/aromatic N) is 4. The van der Waals surface area contributed by atoms with Crippen LogP contribution in [-0.2, 0) is 17.1 Å². The Labute approximate surface area is 120 Å². The van der Waals surface area contributed by atoms with E-state index in [2.05, 4.69) is 10.2 Å². The van der Waals surface area contributed by atoms with Crippen molar-refractivity contribution >= 4 is 10.0 Å². The van der Waals surface area contributed by atoms with E-state index < -0.39 is 10.0 Å². The molecule has 0 amide bonds. The molecule has 1 aliphatic heterocycles. The third-order valence-corrected chi connectivity index (χ3v) is 6.87. The largest absolute Gasteiger partial charge is 0.320 e. The Hall–Kier alpha value is -0.950. The molecule has 1 atom stereocenters. The first kappa shape index (κ1) is 14.0. The van der Waals surface area contributed by atoms with Gasteiger partial charge in [-0.3, -0.25) is 0 Å². The van der Waals surface area contributed by atoms with Crippen molar-refractivity contribution < 1.29 is 8.42 Å². The van der Waals surface area contributed by atoms with E-state index in [1.54, 1.807) is 10.6 Å². The summed E-state index contributed by atoms with van der Waals surface area (Å²) in [6.45, 7) is 3.13. The molecule has 0 bridgehead atoms. The second-order valence-corrected chi connectivity index (χ2v) is 8.27. The summed E-state index contributed by atoms with van der Waals surface area (Å²) in [5, 5.41) is 8.19. The summed E-state index contributed by atoms with van der Waals surface area (Å²) in [5.74, 6) is 1.36. The molecule has 2 fully saturated rings. The lowest BCUT2D eigenvalue weighted by Crippen LogP contribution is -2.38. The number of aryl methyl sites for hydroxylation is 1. The number of aromatic nitrogens is 3. The first-order valence-corrected chi connectivity index (χ1v) is 8.91. The molecule has 3 rings (SSSR count). The van der Waals surface area contributed by atoms with E-state index in [0.717, 1.165) is 18.7 Å². The Morgan fingerprint density at radius 2 is 2.20 bits per heavy atom. The molecule has 1 unspecified atom stereocenters. The van der Waals surface area contributed by atoms with Gasteiger partial charge in [0.05, 0.1) is 5.75 Å². The fourth-order valence-electron chi connectivity index (χ4n) is 3.62. The predicted molar refractivity (Wildman–Crippen MR) is 75.7 cm³/mol. The van der Waals surface area contributed by atoms with E-state index in [4.69, 9.17) is 0 Å². The van der Waals surface area contributed by atoms with Crippen molar-refractivity contribution in [3.8, 4) is 0 Å². The van der Waals surface area contributed by atoms with E-state index in [9.17, 15) is 8.42 Å². The van der Waals surface area contributed by atoms with Crippen molar-refractivity contribution in [2.45, 2.75) is 38.5 Å². The molecule has 0 aromatic carbocycles. The predicted octanol–water partition coefficient (Wildman–Crippen LogP) is 1.12. The van der Waals surface area contributed by atoms with Crippen LogP contribution in [0.25, 0.3) is 0 Å². The van der Waals surface area contributed by atoms with Gasteiger partial charge in [-0.1, -0.05) is 13.3 Å². The lowest BCUT2D eigenvalue weighted by molar-refractivity contribution is 0.126. The maximum atomic E-state index is 12.3. The average Bonchev–Trinajstić information content (AvgIpc) is 2.91. The third-order valence-electron chi connectivity index (χ3n) is 4.88. The number of hydrogen-bond acceptors (Lipinski definition) is 4. The first-order chi connectivity index (χ1) is 9.48. The maximum Gasteiger partial charge on any atom is 0.214 e. The van der Waals surface area contributed by atoms with Crippen LogP contribution in [0.5, 0.6) is 0 Å². The quantitative estimate of drug-likeness (QED) is 0.835. The van der Waals surface area contributed by atoms with Gasteiger partial charge in [0.2, 0.25) is 10.0 Å². The highest BCUT2D eigenvalue weighted by Crippen LogP contribution is 2.55. The Morgan fingerprint density at radius 1 is 1.45 bits per heavy atom. The van der Waals surface area contributed by atoms with Crippen LogP contribution in [-0.4, -0.2) is 46.3 Å². The number of sulfonamides is 1.